The number of amides is 1. The van der Waals surface area contributed by atoms with Crippen LogP contribution >= 0.6 is 0 Å². The van der Waals surface area contributed by atoms with E-state index in [1.807, 2.05) is 42.3 Å². The van der Waals surface area contributed by atoms with Gasteiger partial charge >= 0.3 is 0 Å². The molecule has 0 saturated carbocycles. The second-order valence-electron chi connectivity index (χ2n) is 7.22. The van der Waals surface area contributed by atoms with Crippen LogP contribution in [-0.2, 0) is 6.42 Å². The van der Waals surface area contributed by atoms with Crippen LogP contribution in [0.15, 0.2) is 54.7 Å². The van der Waals surface area contributed by atoms with Crippen LogP contribution in [0.2, 0.25) is 0 Å². The van der Waals surface area contributed by atoms with Gasteiger partial charge in [0.25, 0.3) is 5.91 Å². The minimum Gasteiger partial charge on any atom is -0.508 e. The Kier molecular flexibility index (Phi) is 3.72. The van der Waals surface area contributed by atoms with Crippen LogP contribution in [0.5, 0.6) is 5.75 Å². The van der Waals surface area contributed by atoms with Gasteiger partial charge in [0.05, 0.1) is 6.04 Å². The molecule has 6 heteroatoms. The van der Waals surface area contributed by atoms with Gasteiger partial charge in [-0.05, 0) is 42.7 Å². The molecule has 1 aliphatic heterocycles. The van der Waals surface area contributed by atoms with E-state index in [2.05, 4.69) is 21.2 Å². The molecule has 0 bridgehead atoms. The molecule has 6 nitrogen and oxygen atoms in total. The predicted octanol–water partition coefficient (Wildman–Crippen LogP) is 3.69. The number of rotatable bonds is 4. The number of benzene rings is 2. The van der Waals surface area contributed by atoms with E-state index in [1.54, 1.807) is 18.2 Å². The summed E-state index contributed by atoms with van der Waals surface area (Å²) in [6.07, 6.45) is 2.75. The molecular weight excluding hydrogens is 352 g/mol. The van der Waals surface area contributed by atoms with E-state index < -0.39 is 0 Å². The molecule has 2 aromatic carbocycles. The minimum absolute atomic E-state index is 0.0764. The number of hydrogen-bond donors (Lipinski definition) is 3. The Hall–Kier alpha value is -3.54. The van der Waals surface area contributed by atoms with Crippen molar-refractivity contribution in [2.75, 3.05) is 6.54 Å². The summed E-state index contributed by atoms with van der Waals surface area (Å²) in [6, 6.07) is 15.0. The van der Waals surface area contributed by atoms with Crippen molar-refractivity contribution in [3.8, 4) is 5.75 Å². The van der Waals surface area contributed by atoms with Crippen molar-refractivity contribution in [3.05, 3.63) is 82.8 Å². The lowest BCUT2D eigenvalue weighted by atomic mass is 9.98. The van der Waals surface area contributed by atoms with Crippen LogP contribution in [0.1, 0.15) is 38.9 Å². The molecule has 1 aliphatic rings. The van der Waals surface area contributed by atoms with Crippen LogP contribution in [0, 0.1) is 6.92 Å². The molecule has 140 valence electrons. The molecule has 2 aromatic heterocycles. The second-order valence-corrected chi connectivity index (χ2v) is 7.22. The lowest BCUT2D eigenvalue weighted by Gasteiger charge is -2.26. The van der Waals surface area contributed by atoms with Crippen molar-refractivity contribution in [1.82, 2.24) is 20.1 Å². The van der Waals surface area contributed by atoms with Gasteiger partial charge in [0.1, 0.15) is 5.75 Å². The number of nitrogens with one attached hydrogen (secondary N) is 2. The topological polar surface area (TPSA) is 85.0 Å². The van der Waals surface area contributed by atoms with Gasteiger partial charge in [0.2, 0.25) is 0 Å². The Labute approximate surface area is 161 Å². The number of carbonyl (C=O) groups excluding carboxylic acids is 1. The van der Waals surface area contributed by atoms with Crippen LogP contribution in [0.25, 0.3) is 10.9 Å². The Morgan fingerprint density at radius 3 is 2.89 bits per heavy atom. The summed E-state index contributed by atoms with van der Waals surface area (Å²) in [4.78, 5) is 18.2. The molecule has 5 rings (SSSR count). The summed E-state index contributed by atoms with van der Waals surface area (Å²) >= 11 is 0. The first-order chi connectivity index (χ1) is 13.6. The number of aryl methyl sites for hydroxylation is 1. The molecule has 0 saturated heterocycles. The lowest BCUT2D eigenvalue weighted by molar-refractivity contribution is 0.0745. The Morgan fingerprint density at radius 1 is 1.18 bits per heavy atom. The zero-order chi connectivity index (χ0) is 19.3. The summed E-state index contributed by atoms with van der Waals surface area (Å²) < 4.78 is 0. The predicted molar refractivity (Wildman–Crippen MR) is 106 cm³/mol. The van der Waals surface area contributed by atoms with Crippen molar-refractivity contribution < 1.29 is 9.90 Å². The van der Waals surface area contributed by atoms with Crippen LogP contribution in [0.4, 0.5) is 0 Å². The number of aromatic hydroxyl groups is 1. The molecule has 3 heterocycles. The highest BCUT2D eigenvalue weighted by Crippen LogP contribution is 2.40. The molecule has 4 aromatic rings. The summed E-state index contributed by atoms with van der Waals surface area (Å²) in [5.41, 5.74) is 5.42. The van der Waals surface area contributed by atoms with Gasteiger partial charge in [-0.25, -0.2) is 0 Å². The molecule has 3 N–H and O–H groups in total. The normalized spacial score (nSPS) is 16.1. The van der Waals surface area contributed by atoms with Crippen LogP contribution in [0.3, 0.4) is 0 Å². The molecule has 0 aliphatic carbocycles. The van der Waals surface area contributed by atoms with Gasteiger partial charge < -0.3 is 15.0 Å². The van der Waals surface area contributed by atoms with Gasteiger partial charge in [-0.2, -0.15) is 5.10 Å². The van der Waals surface area contributed by atoms with E-state index in [-0.39, 0.29) is 17.7 Å². The van der Waals surface area contributed by atoms with Crippen molar-refractivity contribution in [2.24, 2.45) is 0 Å². The maximum atomic E-state index is 13.1. The highest BCUT2D eigenvalue weighted by atomic mass is 16.3. The van der Waals surface area contributed by atoms with Gasteiger partial charge in [0, 0.05) is 34.9 Å². The van der Waals surface area contributed by atoms with Gasteiger partial charge in [-0.1, -0.05) is 30.3 Å². The first kappa shape index (κ1) is 16.6. The molecule has 0 unspecified atom stereocenters. The average Bonchev–Trinajstić information content (AvgIpc) is 3.35. The number of nitrogens with zero attached hydrogens (tertiary/aromatic N) is 2. The summed E-state index contributed by atoms with van der Waals surface area (Å²) in [5, 5.41) is 18.3. The van der Waals surface area contributed by atoms with E-state index in [0.717, 1.165) is 28.8 Å². The second kappa shape index (κ2) is 6.27. The van der Waals surface area contributed by atoms with Crippen LogP contribution < -0.4 is 0 Å². The first-order valence-corrected chi connectivity index (χ1v) is 9.33. The van der Waals surface area contributed by atoms with Crippen LogP contribution in [-0.4, -0.2) is 37.6 Å². The fourth-order valence-corrected chi connectivity index (χ4v) is 4.20. The quantitative estimate of drug-likeness (QED) is 0.511. The zero-order valence-corrected chi connectivity index (χ0v) is 15.4. The highest BCUT2D eigenvalue weighted by Gasteiger charge is 2.41. The number of phenolic OH excluding ortho intramolecular Hbond substituents is 1. The maximum Gasteiger partial charge on any atom is 0.275 e. The van der Waals surface area contributed by atoms with Crippen molar-refractivity contribution in [3.63, 3.8) is 0 Å². The summed E-state index contributed by atoms with van der Waals surface area (Å²) in [6.45, 7) is 2.49. The number of hydrogen-bond acceptors (Lipinski definition) is 3. The standard InChI is InChI=1S/C22H20N4O2/c1-13-19-20(25-24-13)22(28)26(21(19)14-5-4-6-16(27)11-14)10-9-15-12-23-18-8-3-2-7-17(15)18/h2-8,11-12,21,23,27H,9-10H2,1H3,(H,24,25)/t21-/m0/s1. The van der Waals surface area contributed by atoms with Gasteiger partial charge in [0.15, 0.2) is 5.69 Å². The number of phenols is 1. The third kappa shape index (κ3) is 2.49. The number of aromatic nitrogens is 3. The van der Waals surface area contributed by atoms with E-state index in [1.165, 1.54) is 10.9 Å². The number of H-pyrrole nitrogens is 2. The van der Waals surface area contributed by atoms with E-state index >= 15 is 0 Å². The van der Waals surface area contributed by atoms with Gasteiger partial charge in [-0.15, -0.1) is 0 Å². The van der Waals surface area contributed by atoms with E-state index in [0.29, 0.717) is 12.2 Å². The number of carbonyl (C=O) groups is 1. The first-order valence-electron chi connectivity index (χ1n) is 9.33. The molecule has 0 fully saturated rings. The summed E-state index contributed by atoms with van der Waals surface area (Å²) in [5.74, 6) is 0.114. The number of para-hydroxylation sites is 1. The Balaban J connectivity index is 1.51. The summed E-state index contributed by atoms with van der Waals surface area (Å²) in [7, 11) is 0. The largest absolute Gasteiger partial charge is 0.508 e. The highest BCUT2D eigenvalue weighted by molar-refractivity contribution is 5.98. The lowest BCUT2D eigenvalue weighted by Crippen LogP contribution is -2.31. The van der Waals surface area contributed by atoms with Crippen molar-refractivity contribution >= 4 is 16.8 Å². The fourth-order valence-electron chi connectivity index (χ4n) is 4.20. The van der Waals surface area contributed by atoms with Crippen molar-refractivity contribution in [2.45, 2.75) is 19.4 Å². The number of aromatic amines is 2. The maximum absolute atomic E-state index is 13.1. The smallest absolute Gasteiger partial charge is 0.275 e. The monoisotopic (exact) mass is 372 g/mol. The Morgan fingerprint density at radius 2 is 2.04 bits per heavy atom. The molecule has 28 heavy (non-hydrogen) atoms. The van der Waals surface area contributed by atoms with E-state index in [4.69, 9.17) is 0 Å². The molecule has 1 atom stereocenters. The van der Waals surface area contributed by atoms with Crippen molar-refractivity contribution in [1.29, 1.82) is 0 Å². The molecular formula is C22H20N4O2. The van der Waals surface area contributed by atoms with E-state index in [9.17, 15) is 9.90 Å². The zero-order valence-electron chi connectivity index (χ0n) is 15.4. The van der Waals surface area contributed by atoms with Gasteiger partial charge in [-0.3, -0.25) is 9.89 Å². The Bertz CT molecular complexity index is 1190. The average molecular weight is 372 g/mol. The number of fused-ring (bicyclic) bond motifs is 2. The molecule has 0 spiro atoms. The fraction of sp³-hybridized carbons (Fsp3) is 0.182. The SMILES string of the molecule is Cc1[nH]nc2c1[C@H](c1cccc(O)c1)N(CCc1c[nH]c3ccccc13)C2=O. The molecule has 0 radical (unpaired) electrons. The third-order valence-electron chi connectivity index (χ3n) is 5.53. The molecule has 1 amide bonds. The third-order valence-corrected chi connectivity index (χ3v) is 5.53. The minimum atomic E-state index is -0.251.